The zero-order chi connectivity index (χ0) is 17.8. The largest absolute Gasteiger partial charge is 0.324 e. The predicted octanol–water partition coefficient (Wildman–Crippen LogP) is 4.03. The third kappa shape index (κ3) is 3.95. The lowest BCUT2D eigenvalue weighted by atomic mass is 10.3. The molecule has 2 heterocycles. The SMILES string of the molecule is C=CCn1c(SCC(=O)Nc2ccccc2Cl)nc2sccc2c1=O. The van der Waals surface area contributed by atoms with E-state index in [9.17, 15) is 9.59 Å². The molecule has 0 saturated heterocycles. The summed E-state index contributed by atoms with van der Waals surface area (Å²) in [5.41, 5.74) is 0.431. The average molecular weight is 392 g/mol. The number of carbonyl (C=O) groups is 1. The third-order valence-electron chi connectivity index (χ3n) is 3.34. The van der Waals surface area contributed by atoms with Crippen LogP contribution in [0.25, 0.3) is 10.2 Å². The molecule has 2 aromatic heterocycles. The molecule has 3 aromatic rings. The minimum atomic E-state index is -0.219. The number of fused-ring (bicyclic) bond motifs is 1. The predicted molar refractivity (Wildman–Crippen MR) is 105 cm³/mol. The van der Waals surface area contributed by atoms with Crippen LogP contribution in [0.5, 0.6) is 0 Å². The van der Waals surface area contributed by atoms with Gasteiger partial charge in [0.05, 0.1) is 21.8 Å². The molecule has 0 spiro atoms. The third-order valence-corrected chi connectivity index (χ3v) is 5.45. The molecule has 0 fully saturated rings. The number of amides is 1. The minimum Gasteiger partial charge on any atom is -0.324 e. The summed E-state index contributed by atoms with van der Waals surface area (Å²) in [5, 5.41) is 6.13. The number of hydrogen-bond acceptors (Lipinski definition) is 5. The van der Waals surface area contributed by atoms with Gasteiger partial charge in [0.25, 0.3) is 5.56 Å². The highest BCUT2D eigenvalue weighted by Crippen LogP contribution is 2.23. The van der Waals surface area contributed by atoms with Gasteiger partial charge in [0, 0.05) is 6.54 Å². The van der Waals surface area contributed by atoms with Gasteiger partial charge in [0.2, 0.25) is 5.91 Å². The van der Waals surface area contributed by atoms with Crippen molar-refractivity contribution in [2.24, 2.45) is 0 Å². The zero-order valence-corrected chi connectivity index (χ0v) is 15.5. The monoisotopic (exact) mass is 391 g/mol. The van der Waals surface area contributed by atoms with Gasteiger partial charge in [-0.1, -0.05) is 41.6 Å². The quantitative estimate of drug-likeness (QED) is 0.391. The van der Waals surface area contributed by atoms with Gasteiger partial charge >= 0.3 is 0 Å². The highest BCUT2D eigenvalue weighted by molar-refractivity contribution is 7.99. The summed E-state index contributed by atoms with van der Waals surface area (Å²) in [5.74, 6) is -0.102. The van der Waals surface area contributed by atoms with Crippen LogP contribution in [0.3, 0.4) is 0 Å². The number of anilines is 1. The van der Waals surface area contributed by atoms with E-state index < -0.39 is 0 Å². The van der Waals surface area contributed by atoms with Crippen molar-refractivity contribution in [2.45, 2.75) is 11.7 Å². The molecule has 3 rings (SSSR count). The van der Waals surface area contributed by atoms with Crippen LogP contribution >= 0.6 is 34.7 Å². The topological polar surface area (TPSA) is 64.0 Å². The van der Waals surface area contributed by atoms with Gasteiger partial charge in [-0.25, -0.2) is 4.98 Å². The first-order valence-corrected chi connectivity index (χ1v) is 9.60. The van der Waals surface area contributed by atoms with E-state index in [0.717, 1.165) is 0 Å². The van der Waals surface area contributed by atoms with Gasteiger partial charge in [-0.2, -0.15) is 0 Å². The van der Waals surface area contributed by atoms with Gasteiger partial charge < -0.3 is 5.32 Å². The molecule has 1 N–H and O–H groups in total. The van der Waals surface area contributed by atoms with E-state index in [1.165, 1.54) is 27.7 Å². The van der Waals surface area contributed by atoms with Crippen LogP contribution in [-0.4, -0.2) is 21.2 Å². The second-order valence-electron chi connectivity index (χ2n) is 5.05. The number of benzene rings is 1. The highest BCUT2D eigenvalue weighted by Gasteiger charge is 2.14. The summed E-state index contributed by atoms with van der Waals surface area (Å²) in [7, 11) is 0. The van der Waals surface area contributed by atoms with Crippen molar-refractivity contribution in [3.8, 4) is 0 Å². The molecule has 25 heavy (non-hydrogen) atoms. The van der Waals surface area contributed by atoms with E-state index >= 15 is 0 Å². The zero-order valence-electron chi connectivity index (χ0n) is 13.1. The number of aromatic nitrogens is 2. The number of carbonyl (C=O) groups excluding carboxylic acids is 1. The van der Waals surface area contributed by atoms with E-state index in [4.69, 9.17) is 11.6 Å². The molecule has 0 unspecified atom stereocenters. The van der Waals surface area contributed by atoms with Crippen molar-refractivity contribution in [3.05, 3.63) is 63.7 Å². The Kier molecular flexibility index (Phi) is 5.57. The average Bonchev–Trinajstić information content (AvgIpc) is 3.07. The summed E-state index contributed by atoms with van der Waals surface area (Å²) in [6.07, 6.45) is 1.63. The number of hydrogen-bond donors (Lipinski definition) is 1. The van der Waals surface area contributed by atoms with Gasteiger partial charge in [-0.15, -0.1) is 17.9 Å². The smallest absolute Gasteiger partial charge is 0.263 e. The van der Waals surface area contributed by atoms with E-state index in [1.807, 2.05) is 5.38 Å². The lowest BCUT2D eigenvalue weighted by Crippen LogP contribution is -2.23. The molecule has 0 aliphatic rings. The second kappa shape index (κ2) is 7.86. The minimum absolute atomic E-state index is 0.117. The van der Waals surface area contributed by atoms with Crippen LogP contribution in [0, 0.1) is 0 Å². The van der Waals surface area contributed by atoms with Crippen molar-refractivity contribution in [1.82, 2.24) is 9.55 Å². The van der Waals surface area contributed by atoms with Crippen LogP contribution in [0.2, 0.25) is 5.02 Å². The van der Waals surface area contributed by atoms with Crippen molar-refractivity contribution >= 4 is 56.5 Å². The summed E-state index contributed by atoms with van der Waals surface area (Å²) in [6.45, 7) is 4.02. The summed E-state index contributed by atoms with van der Waals surface area (Å²) in [4.78, 5) is 29.9. The fourth-order valence-corrected chi connectivity index (χ4v) is 4.01. The number of nitrogens with one attached hydrogen (secondary N) is 1. The first-order valence-electron chi connectivity index (χ1n) is 7.36. The van der Waals surface area contributed by atoms with Crippen molar-refractivity contribution in [2.75, 3.05) is 11.1 Å². The van der Waals surface area contributed by atoms with E-state index in [0.29, 0.717) is 32.6 Å². The molecule has 1 amide bonds. The molecular formula is C17H14ClN3O2S2. The first kappa shape index (κ1) is 17.7. The van der Waals surface area contributed by atoms with Crippen LogP contribution in [-0.2, 0) is 11.3 Å². The van der Waals surface area contributed by atoms with E-state index in [2.05, 4.69) is 16.9 Å². The maximum absolute atomic E-state index is 12.5. The highest BCUT2D eigenvalue weighted by atomic mass is 35.5. The Hall–Kier alpha value is -2.09. The van der Waals surface area contributed by atoms with Gasteiger partial charge in [0.15, 0.2) is 5.16 Å². The number of rotatable bonds is 6. The van der Waals surface area contributed by atoms with E-state index in [-0.39, 0.29) is 17.2 Å². The maximum atomic E-state index is 12.5. The molecule has 0 radical (unpaired) electrons. The van der Waals surface area contributed by atoms with Crippen molar-refractivity contribution in [1.29, 1.82) is 0 Å². The Morgan fingerprint density at radius 1 is 1.40 bits per heavy atom. The molecular weight excluding hydrogens is 378 g/mol. The molecule has 0 saturated carbocycles. The number of allylic oxidation sites excluding steroid dienone is 1. The summed E-state index contributed by atoms with van der Waals surface area (Å²) < 4.78 is 1.52. The molecule has 0 aliphatic carbocycles. The molecule has 8 heteroatoms. The Morgan fingerprint density at radius 3 is 2.96 bits per heavy atom. The standard InChI is InChI=1S/C17H14ClN3O2S2/c1-2-8-21-16(23)11-7-9-24-15(11)20-17(21)25-10-14(22)19-13-6-4-3-5-12(13)18/h2-7,9H,1,8,10H2,(H,19,22). The van der Waals surface area contributed by atoms with E-state index in [1.54, 1.807) is 36.4 Å². The van der Waals surface area contributed by atoms with Crippen molar-refractivity contribution < 1.29 is 4.79 Å². The normalized spacial score (nSPS) is 10.8. The van der Waals surface area contributed by atoms with Crippen LogP contribution < -0.4 is 10.9 Å². The van der Waals surface area contributed by atoms with Crippen LogP contribution in [0.15, 0.2) is 58.3 Å². The molecule has 0 bridgehead atoms. The number of nitrogens with zero attached hydrogens (tertiary/aromatic N) is 2. The van der Waals surface area contributed by atoms with Gasteiger partial charge in [0.1, 0.15) is 4.83 Å². The summed E-state index contributed by atoms with van der Waals surface area (Å²) >= 11 is 8.64. The molecule has 1 aromatic carbocycles. The number of thiophene rings is 1. The molecule has 0 aliphatic heterocycles. The number of thioether (sulfide) groups is 1. The maximum Gasteiger partial charge on any atom is 0.263 e. The van der Waals surface area contributed by atoms with Crippen LogP contribution in [0.1, 0.15) is 0 Å². The molecule has 0 atom stereocenters. The Morgan fingerprint density at radius 2 is 2.20 bits per heavy atom. The Bertz CT molecular complexity index is 997. The second-order valence-corrected chi connectivity index (χ2v) is 7.30. The summed E-state index contributed by atoms with van der Waals surface area (Å²) in [6, 6.07) is 8.78. The Labute approximate surface area is 157 Å². The molecule has 5 nitrogen and oxygen atoms in total. The lowest BCUT2D eigenvalue weighted by Gasteiger charge is -2.10. The van der Waals surface area contributed by atoms with Gasteiger partial charge in [-0.05, 0) is 23.6 Å². The first-order chi connectivity index (χ1) is 12.1. The fourth-order valence-electron chi connectivity index (χ4n) is 2.21. The lowest BCUT2D eigenvalue weighted by molar-refractivity contribution is -0.113. The van der Waals surface area contributed by atoms with Gasteiger partial charge in [-0.3, -0.25) is 14.2 Å². The molecule has 128 valence electrons. The number of para-hydroxylation sites is 1. The van der Waals surface area contributed by atoms with Crippen molar-refractivity contribution in [3.63, 3.8) is 0 Å². The Balaban J connectivity index is 1.79. The van der Waals surface area contributed by atoms with Crippen LogP contribution in [0.4, 0.5) is 5.69 Å². The number of halogens is 1. The fraction of sp³-hybridized carbons (Fsp3) is 0.118.